The summed E-state index contributed by atoms with van der Waals surface area (Å²) in [5, 5.41) is 2.60. The number of nitrogens with one attached hydrogen (secondary N) is 1. The van der Waals surface area contributed by atoms with Crippen LogP contribution in [0.1, 0.15) is 24.2 Å². The highest BCUT2D eigenvalue weighted by Crippen LogP contribution is 2.25. The van der Waals surface area contributed by atoms with Gasteiger partial charge in [0, 0.05) is 13.1 Å². The number of amides is 1. The minimum Gasteiger partial charge on any atom is -0.372 e. The zero-order valence-corrected chi connectivity index (χ0v) is 15.8. The lowest BCUT2D eigenvalue weighted by atomic mass is 10.2. The number of carbonyl (C=O) groups is 1. The highest BCUT2D eigenvalue weighted by atomic mass is 35.5. The second kappa shape index (κ2) is 7.78. The number of anilines is 2. The number of morpholine rings is 1. The van der Waals surface area contributed by atoms with Crippen molar-refractivity contribution in [1.82, 2.24) is 4.98 Å². The van der Waals surface area contributed by atoms with Gasteiger partial charge in [-0.25, -0.2) is 9.37 Å². The molecule has 1 N–H and O–H groups in total. The molecule has 1 saturated heterocycles. The summed E-state index contributed by atoms with van der Waals surface area (Å²) in [4.78, 5) is 18.8. The van der Waals surface area contributed by atoms with Gasteiger partial charge in [-0.3, -0.25) is 4.79 Å². The molecule has 1 amide bonds. The van der Waals surface area contributed by atoms with Crippen LogP contribution < -0.4 is 10.2 Å². The average molecular weight is 398 g/mol. The first-order valence-corrected chi connectivity index (χ1v) is 8.91. The van der Waals surface area contributed by atoms with Gasteiger partial charge in [-0.2, -0.15) is 0 Å². The molecule has 8 heteroatoms. The van der Waals surface area contributed by atoms with Gasteiger partial charge in [0.15, 0.2) is 0 Å². The smallest absolute Gasteiger partial charge is 0.257 e. The molecule has 1 aromatic heterocycles. The molecule has 1 aliphatic rings. The van der Waals surface area contributed by atoms with Crippen molar-refractivity contribution in [2.75, 3.05) is 23.3 Å². The molecule has 138 valence electrons. The summed E-state index contributed by atoms with van der Waals surface area (Å²) < 4.78 is 19.3. The van der Waals surface area contributed by atoms with E-state index in [0.29, 0.717) is 5.69 Å². The van der Waals surface area contributed by atoms with Gasteiger partial charge in [-0.1, -0.05) is 23.2 Å². The van der Waals surface area contributed by atoms with Crippen molar-refractivity contribution in [3.8, 4) is 0 Å². The monoisotopic (exact) mass is 397 g/mol. The highest BCUT2D eigenvalue weighted by Gasteiger charge is 2.23. The lowest BCUT2D eigenvalue weighted by Gasteiger charge is -2.36. The van der Waals surface area contributed by atoms with Gasteiger partial charge >= 0.3 is 0 Å². The van der Waals surface area contributed by atoms with Gasteiger partial charge in [0.2, 0.25) is 0 Å². The molecule has 2 unspecified atom stereocenters. The molecule has 2 heterocycles. The van der Waals surface area contributed by atoms with Gasteiger partial charge in [-0.05, 0) is 38.1 Å². The first-order valence-electron chi connectivity index (χ1n) is 8.16. The average Bonchev–Trinajstić information content (AvgIpc) is 2.58. The van der Waals surface area contributed by atoms with E-state index in [1.807, 2.05) is 19.9 Å². The van der Waals surface area contributed by atoms with Gasteiger partial charge in [0.1, 0.15) is 11.6 Å². The Morgan fingerprint density at radius 3 is 2.54 bits per heavy atom. The maximum atomic E-state index is 13.6. The molecule has 1 fully saturated rings. The van der Waals surface area contributed by atoms with Crippen LogP contribution in [0.3, 0.4) is 0 Å². The third-order valence-electron chi connectivity index (χ3n) is 4.00. The lowest BCUT2D eigenvalue weighted by molar-refractivity contribution is -0.00545. The Kier molecular flexibility index (Phi) is 5.65. The summed E-state index contributed by atoms with van der Waals surface area (Å²) >= 11 is 11.6. The molecule has 3 rings (SSSR count). The molecule has 0 saturated carbocycles. The van der Waals surface area contributed by atoms with Crippen LogP contribution in [0.15, 0.2) is 30.5 Å². The summed E-state index contributed by atoms with van der Waals surface area (Å²) in [6.07, 6.45) is 1.81. The second-order valence-electron chi connectivity index (χ2n) is 6.27. The zero-order valence-electron chi connectivity index (χ0n) is 14.3. The third kappa shape index (κ3) is 4.26. The highest BCUT2D eigenvalue weighted by molar-refractivity contribution is 6.37. The molecular weight excluding hydrogens is 380 g/mol. The number of hydrogen-bond donors (Lipinski definition) is 1. The van der Waals surface area contributed by atoms with E-state index in [1.54, 1.807) is 12.3 Å². The van der Waals surface area contributed by atoms with Crippen LogP contribution >= 0.6 is 23.2 Å². The summed E-state index contributed by atoms with van der Waals surface area (Å²) in [7, 11) is 0. The Morgan fingerprint density at radius 2 is 1.92 bits per heavy atom. The molecule has 0 bridgehead atoms. The summed E-state index contributed by atoms with van der Waals surface area (Å²) in [5.74, 6) is -0.431. The van der Waals surface area contributed by atoms with Crippen LogP contribution in [0.4, 0.5) is 15.9 Å². The fourth-order valence-electron chi connectivity index (χ4n) is 2.91. The van der Waals surface area contributed by atoms with Crippen LogP contribution in [0.5, 0.6) is 0 Å². The van der Waals surface area contributed by atoms with Gasteiger partial charge in [-0.15, -0.1) is 0 Å². The second-order valence-corrected chi connectivity index (χ2v) is 7.08. The largest absolute Gasteiger partial charge is 0.372 e. The minimum atomic E-state index is -0.703. The van der Waals surface area contributed by atoms with E-state index in [1.165, 1.54) is 6.07 Å². The maximum absolute atomic E-state index is 13.6. The number of hydrogen-bond acceptors (Lipinski definition) is 4. The molecule has 1 aromatic carbocycles. The molecule has 2 aromatic rings. The van der Waals surface area contributed by atoms with E-state index in [9.17, 15) is 9.18 Å². The lowest BCUT2D eigenvalue weighted by Crippen LogP contribution is -2.45. The molecule has 0 radical (unpaired) electrons. The molecular formula is C18H18Cl2FN3O2. The number of nitrogens with zero attached hydrogens (tertiary/aromatic N) is 2. The molecule has 0 aliphatic carbocycles. The topological polar surface area (TPSA) is 54.5 Å². The molecule has 26 heavy (non-hydrogen) atoms. The predicted molar refractivity (Wildman–Crippen MR) is 101 cm³/mol. The molecule has 2 atom stereocenters. The summed E-state index contributed by atoms with van der Waals surface area (Å²) in [5.41, 5.74) is 0.494. The van der Waals surface area contributed by atoms with Crippen LogP contribution in [-0.2, 0) is 4.74 Å². The van der Waals surface area contributed by atoms with Crippen molar-refractivity contribution >= 4 is 40.6 Å². The number of benzene rings is 1. The van der Waals surface area contributed by atoms with Crippen molar-refractivity contribution in [1.29, 1.82) is 0 Å². The van der Waals surface area contributed by atoms with Gasteiger partial charge in [0.05, 0.1) is 39.7 Å². The summed E-state index contributed by atoms with van der Waals surface area (Å²) in [6, 6.07) is 5.78. The van der Waals surface area contributed by atoms with E-state index in [0.717, 1.165) is 25.0 Å². The first kappa shape index (κ1) is 18.9. The summed E-state index contributed by atoms with van der Waals surface area (Å²) in [6.45, 7) is 5.55. The van der Waals surface area contributed by atoms with Crippen molar-refractivity contribution in [2.24, 2.45) is 0 Å². The standard InChI is InChI=1S/C18H18Cl2FN3O2/c1-10-8-24(9-11(2)26-10)17-4-3-12(7-22-17)23-18(25)13-5-16(21)15(20)6-14(13)19/h3-7,10-11H,8-9H2,1-2H3,(H,23,25). The van der Waals surface area contributed by atoms with Gasteiger partial charge in [0.25, 0.3) is 5.91 Å². The van der Waals surface area contributed by atoms with Crippen molar-refractivity contribution in [3.63, 3.8) is 0 Å². The van der Waals surface area contributed by atoms with Gasteiger partial charge < -0.3 is 15.0 Å². The third-order valence-corrected chi connectivity index (χ3v) is 4.61. The Morgan fingerprint density at radius 1 is 1.23 bits per heavy atom. The fraction of sp³-hybridized carbons (Fsp3) is 0.333. The Bertz CT molecular complexity index is 807. The van der Waals surface area contributed by atoms with E-state index in [2.05, 4.69) is 15.2 Å². The fourth-order valence-corrected chi connectivity index (χ4v) is 3.38. The van der Waals surface area contributed by atoms with E-state index in [-0.39, 0.29) is 27.8 Å². The molecule has 0 spiro atoms. The zero-order chi connectivity index (χ0) is 18.8. The quantitative estimate of drug-likeness (QED) is 0.780. The van der Waals surface area contributed by atoms with Crippen LogP contribution in [0.25, 0.3) is 0 Å². The minimum absolute atomic E-state index is 0.00784. The van der Waals surface area contributed by atoms with Crippen molar-refractivity contribution in [3.05, 3.63) is 51.9 Å². The SMILES string of the molecule is CC1CN(c2ccc(NC(=O)c3cc(F)c(Cl)cc3Cl)cn2)CC(C)O1. The van der Waals surface area contributed by atoms with E-state index < -0.39 is 11.7 Å². The van der Waals surface area contributed by atoms with Crippen LogP contribution in [0, 0.1) is 5.82 Å². The van der Waals surface area contributed by atoms with E-state index in [4.69, 9.17) is 27.9 Å². The van der Waals surface area contributed by atoms with Crippen LogP contribution in [0.2, 0.25) is 10.0 Å². The predicted octanol–water partition coefficient (Wildman–Crippen LogP) is 4.39. The molecule has 1 aliphatic heterocycles. The number of halogens is 3. The Hall–Kier alpha value is -1.89. The number of ether oxygens (including phenoxy) is 1. The number of rotatable bonds is 3. The molecule has 5 nitrogen and oxygen atoms in total. The Balaban J connectivity index is 1.71. The normalized spacial score (nSPS) is 20.1. The van der Waals surface area contributed by atoms with Crippen LogP contribution in [-0.4, -0.2) is 36.2 Å². The maximum Gasteiger partial charge on any atom is 0.257 e. The number of aromatic nitrogens is 1. The van der Waals surface area contributed by atoms with Crippen molar-refractivity contribution < 1.29 is 13.9 Å². The number of carbonyl (C=O) groups excluding carboxylic acids is 1. The van der Waals surface area contributed by atoms with E-state index >= 15 is 0 Å². The van der Waals surface area contributed by atoms with Crippen molar-refractivity contribution in [2.45, 2.75) is 26.1 Å². The first-order chi connectivity index (χ1) is 12.3. The number of pyridine rings is 1. The Labute approximate surface area is 161 Å².